The molecule has 1 fully saturated rings. The van der Waals surface area contributed by atoms with Gasteiger partial charge in [-0.2, -0.15) is 0 Å². The Labute approximate surface area is 155 Å². The maximum Gasteiger partial charge on any atom is 0.293 e. The SMILES string of the molecule is C#CCOc1ccc(C[C@@H]2SC(=O)N(c3ccc(Cl)cc3)C2=O)cc1. The maximum atomic E-state index is 12.6. The van der Waals surface area contributed by atoms with Crippen LogP contribution in [0, 0.1) is 12.3 Å². The number of carbonyl (C=O) groups is 2. The Balaban J connectivity index is 1.70. The molecule has 25 heavy (non-hydrogen) atoms. The first-order valence-electron chi connectivity index (χ1n) is 7.54. The Morgan fingerprint density at radius 1 is 1.12 bits per heavy atom. The highest BCUT2D eigenvalue weighted by Gasteiger charge is 2.40. The average Bonchev–Trinajstić information content (AvgIpc) is 2.89. The Morgan fingerprint density at radius 3 is 2.44 bits per heavy atom. The first-order chi connectivity index (χ1) is 12.1. The van der Waals surface area contributed by atoms with Crippen LogP contribution in [0.3, 0.4) is 0 Å². The number of hydrogen-bond donors (Lipinski definition) is 0. The van der Waals surface area contributed by atoms with Gasteiger partial charge in [0, 0.05) is 5.02 Å². The molecule has 0 aliphatic carbocycles. The average molecular weight is 372 g/mol. The number of halogens is 1. The van der Waals surface area contributed by atoms with Gasteiger partial charge in [0.05, 0.1) is 10.9 Å². The van der Waals surface area contributed by atoms with Crippen molar-refractivity contribution in [1.82, 2.24) is 0 Å². The molecule has 1 aliphatic rings. The molecule has 4 nitrogen and oxygen atoms in total. The van der Waals surface area contributed by atoms with Crippen LogP contribution in [0.25, 0.3) is 0 Å². The lowest BCUT2D eigenvalue weighted by Crippen LogP contribution is -2.32. The van der Waals surface area contributed by atoms with Crippen LogP contribution in [0.1, 0.15) is 5.56 Å². The number of ether oxygens (including phenoxy) is 1. The van der Waals surface area contributed by atoms with Crippen molar-refractivity contribution in [2.24, 2.45) is 0 Å². The lowest BCUT2D eigenvalue weighted by Gasteiger charge is -2.14. The van der Waals surface area contributed by atoms with Crippen LogP contribution in [0.5, 0.6) is 5.75 Å². The van der Waals surface area contributed by atoms with Crippen LogP contribution < -0.4 is 9.64 Å². The van der Waals surface area contributed by atoms with Gasteiger partial charge in [0.15, 0.2) is 0 Å². The highest BCUT2D eigenvalue weighted by atomic mass is 35.5. The first kappa shape index (κ1) is 17.4. The zero-order chi connectivity index (χ0) is 17.8. The normalized spacial score (nSPS) is 16.8. The van der Waals surface area contributed by atoms with Crippen molar-refractivity contribution in [3.8, 4) is 18.1 Å². The van der Waals surface area contributed by atoms with E-state index in [0.717, 1.165) is 17.3 Å². The molecule has 2 amide bonds. The van der Waals surface area contributed by atoms with Crippen molar-refractivity contribution < 1.29 is 14.3 Å². The van der Waals surface area contributed by atoms with E-state index in [9.17, 15) is 9.59 Å². The number of benzene rings is 2. The molecule has 0 N–H and O–H groups in total. The van der Waals surface area contributed by atoms with Crippen LogP contribution in [0.15, 0.2) is 48.5 Å². The molecule has 6 heteroatoms. The summed E-state index contributed by atoms with van der Waals surface area (Å²) in [6.45, 7) is 0.209. The summed E-state index contributed by atoms with van der Waals surface area (Å²) in [5, 5.41) is -0.161. The van der Waals surface area contributed by atoms with Crippen LogP contribution in [0.4, 0.5) is 10.5 Å². The summed E-state index contributed by atoms with van der Waals surface area (Å²) in [6.07, 6.45) is 5.62. The first-order valence-corrected chi connectivity index (χ1v) is 8.79. The van der Waals surface area contributed by atoms with Crippen molar-refractivity contribution >= 4 is 40.2 Å². The van der Waals surface area contributed by atoms with E-state index in [4.69, 9.17) is 22.8 Å². The van der Waals surface area contributed by atoms with Gasteiger partial charge in [0.25, 0.3) is 5.24 Å². The number of terminal acetylenes is 1. The number of nitrogens with zero attached hydrogens (tertiary/aromatic N) is 1. The minimum absolute atomic E-state index is 0.209. The molecule has 3 rings (SSSR count). The van der Waals surface area contributed by atoms with Gasteiger partial charge >= 0.3 is 0 Å². The van der Waals surface area contributed by atoms with E-state index in [-0.39, 0.29) is 17.8 Å². The van der Waals surface area contributed by atoms with E-state index < -0.39 is 5.25 Å². The number of imide groups is 1. The molecule has 0 aromatic heterocycles. The monoisotopic (exact) mass is 371 g/mol. The zero-order valence-electron chi connectivity index (χ0n) is 13.1. The topological polar surface area (TPSA) is 46.6 Å². The van der Waals surface area contributed by atoms with Gasteiger partial charge in [-0.25, -0.2) is 4.90 Å². The molecule has 0 spiro atoms. The van der Waals surface area contributed by atoms with Crippen molar-refractivity contribution in [2.75, 3.05) is 11.5 Å². The Hall–Kier alpha value is -2.42. The van der Waals surface area contributed by atoms with Crippen LogP contribution in [-0.4, -0.2) is 23.0 Å². The lowest BCUT2D eigenvalue weighted by molar-refractivity contribution is -0.117. The van der Waals surface area contributed by atoms with E-state index in [1.54, 1.807) is 36.4 Å². The number of hydrogen-bond acceptors (Lipinski definition) is 4. The van der Waals surface area contributed by atoms with E-state index in [1.807, 2.05) is 12.1 Å². The predicted molar refractivity (Wildman–Crippen MR) is 100 cm³/mol. The van der Waals surface area contributed by atoms with Crippen molar-refractivity contribution in [3.63, 3.8) is 0 Å². The Morgan fingerprint density at radius 2 is 1.80 bits per heavy atom. The summed E-state index contributed by atoms with van der Waals surface area (Å²) in [5.74, 6) is 2.86. The van der Waals surface area contributed by atoms with Crippen LogP contribution in [-0.2, 0) is 11.2 Å². The second kappa shape index (κ2) is 7.64. The summed E-state index contributed by atoms with van der Waals surface area (Å²) in [5.41, 5.74) is 1.48. The third-order valence-electron chi connectivity index (χ3n) is 3.67. The quantitative estimate of drug-likeness (QED) is 0.740. The molecule has 1 saturated heterocycles. The Kier molecular flexibility index (Phi) is 5.32. The third-order valence-corrected chi connectivity index (χ3v) is 4.96. The lowest BCUT2D eigenvalue weighted by atomic mass is 10.1. The summed E-state index contributed by atoms with van der Waals surface area (Å²) in [4.78, 5) is 26.1. The largest absolute Gasteiger partial charge is 0.481 e. The number of thioether (sulfide) groups is 1. The van der Waals surface area contributed by atoms with Crippen molar-refractivity contribution in [2.45, 2.75) is 11.7 Å². The van der Waals surface area contributed by atoms with Gasteiger partial charge in [-0.1, -0.05) is 41.4 Å². The van der Waals surface area contributed by atoms with E-state index >= 15 is 0 Å². The fourth-order valence-corrected chi connectivity index (χ4v) is 3.62. The van der Waals surface area contributed by atoms with E-state index in [2.05, 4.69) is 5.92 Å². The molecule has 2 aromatic carbocycles. The highest BCUT2D eigenvalue weighted by molar-refractivity contribution is 8.15. The predicted octanol–water partition coefficient (Wildman–Crippen LogP) is 4.16. The van der Waals surface area contributed by atoms with Crippen molar-refractivity contribution in [1.29, 1.82) is 0 Å². The van der Waals surface area contributed by atoms with Gasteiger partial charge < -0.3 is 4.74 Å². The summed E-state index contributed by atoms with van der Waals surface area (Å²) < 4.78 is 5.32. The maximum absolute atomic E-state index is 12.6. The fraction of sp³-hybridized carbons (Fsp3) is 0.158. The van der Waals surface area contributed by atoms with Gasteiger partial charge in [0.2, 0.25) is 5.91 Å². The molecule has 126 valence electrons. The molecule has 1 heterocycles. The molecule has 2 aromatic rings. The molecule has 0 unspecified atom stereocenters. The standard InChI is InChI=1S/C19H14ClNO3S/c1-2-11-24-16-9-3-13(4-10-16)12-17-18(22)21(19(23)25-17)15-7-5-14(20)6-8-15/h1,3-10,17H,11-12H2/t17-/m0/s1. The summed E-state index contributed by atoms with van der Waals surface area (Å²) >= 11 is 6.90. The van der Waals surface area contributed by atoms with Gasteiger partial charge in [-0.3, -0.25) is 9.59 Å². The minimum atomic E-state index is -0.444. The van der Waals surface area contributed by atoms with Crippen LogP contribution in [0.2, 0.25) is 5.02 Å². The third kappa shape index (κ3) is 3.98. The second-order valence-corrected chi connectivity index (χ2v) is 6.95. The van der Waals surface area contributed by atoms with Gasteiger partial charge in [-0.05, 0) is 48.4 Å². The number of rotatable bonds is 5. The Bertz CT molecular complexity index is 827. The van der Waals surface area contributed by atoms with Crippen LogP contribution >= 0.6 is 23.4 Å². The number of amides is 2. The van der Waals surface area contributed by atoms with E-state index in [1.165, 1.54) is 4.90 Å². The highest BCUT2D eigenvalue weighted by Crippen LogP contribution is 2.34. The molecule has 0 bridgehead atoms. The summed E-state index contributed by atoms with van der Waals surface area (Å²) in [7, 11) is 0. The molecular weight excluding hydrogens is 358 g/mol. The smallest absolute Gasteiger partial charge is 0.293 e. The van der Waals surface area contributed by atoms with Gasteiger partial charge in [0.1, 0.15) is 12.4 Å². The van der Waals surface area contributed by atoms with Crippen molar-refractivity contribution in [3.05, 3.63) is 59.1 Å². The van der Waals surface area contributed by atoms with E-state index in [0.29, 0.717) is 22.9 Å². The summed E-state index contributed by atoms with van der Waals surface area (Å²) in [6, 6.07) is 14.0. The molecule has 0 saturated carbocycles. The number of anilines is 1. The second-order valence-electron chi connectivity index (χ2n) is 5.36. The molecule has 1 atom stereocenters. The molecule has 0 radical (unpaired) electrons. The fourth-order valence-electron chi connectivity index (χ4n) is 2.47. The molecular formula is C19H14ClNO3S. The van der Waals surface area contributed by atoms with Gasteiger partial charge in [-0.15, -0.1) is 6.42 Å². The minimum Gasteiger partial charge on any atom is -0.481 e. The molecule has 1 aliphatic heterocycles. The zero-order valence-corrected chi connectivity index (χ0v) is 14.7. The number of carbonyl (C=O) groups excluding carboxylic acids is 2.